The van der Waals surface area contributed by atoms with Gasteiger partial charge < -0.3 is 4.90 Å². The molecule has 0 spiro atoms. The van der Waals surface area contributed by atoms with Crippen molar-refractivity contribution in [3.8, 4) is 0 Å². The van der Waals surface area contributed by atoms with Crippen LogP contribution < -0.4 is 4.90 Å². The zero-order valence-electron chi connectivity index (χ0n) is 10.1. The Morgan fingerprint density at radius 2 is 2.17 bits per heavy atom. The van der Waals surface area contributed by atoms with E-state index in [4.69, 9.17) is 11.6 Å². The van der Waals surface area contributed by atoms with Crippen molar-refractivity contribution in [2.24, 2.45) is 0 Å². The summed E-state index contributed by atoms with van der Waals surface area (Å²) >= 11 is 9.47. The first-order valence-electron chi connectivity index (χ1n) is 5.65. The SMILES string of the molecule is CN(Cc1cccnc1)c1cc(Br)ccc1CCl. The second-order valence-corrected chi connectivity index (χ2v) is 5.31. The average molecular weight is 326 g/mol. The van der Waals surface area contributed by atoms with Crippen molar-refractivity contribution in [2.75, 3.05) is 11.9 Å². The van der Waals surface area contributed by atoms with E-state index in [9.17, 15) is 0 Å². The van der Waals surface area contributed by atoms with Crippen molar-refractivity contribution in [2.45, 2.75) is 12.4 Å². The molecule has 2 aromatic rings. The molecule has 0 unspecified atom stereocenters. The number of hydrogen-bond donors (Lipinski definition) is 0. The normalized spacial score (nSPS) is 10.4. The van der Waals surface area contributed by atoms with E-state index in [1.807, 2.05) is 24.4 Å². The van der Waals surface area contributed by atoms with Gasteiger partial charge in [0.05, 0.1) is 0 Å². The Bertz CT molecular complexity index is 516. The van der Waals surface area contributed by atoms with Crippen LogP contribution in [0.15, 0.2) is 47.2 Å². The molecule has 1 heterocycles. The van der Waals surface area contributed by atoms with E-state index in [1.165, 1.54) is 5.56 Å². The standard InChI is InChI=1S/C14H14BrClN2/c1-18(10-11-3-2-6-17-9-11)14-7-13(15)5-4-12(14)8-16/h2-7,9H,8,10H2,1H3. The summed E-state index contributed by atoms with van der Waals surface area (Å²) in [5.41, 5.74) is 3.45. The molecule has 0 aliphatic heterocycles. The van der Waals surface area contributed by atoms with E-state index >= 15 is 0 Å². The minimum Gasteiger partial charge on any atom is -0.370 e. The maximum absolute atomic E-state index is 5.98. The Morgan fingerprint density at radius 3 is 2.83 bits per heavy atom. The summed E-state index contributed by atoms with van der Waals surface area (Å²) in [5.74, 6) is 0.514. The Labute approximate surface area is 121 Å². The van der Waals surface area contributed by atoms with Crippen LogP contribution in [0.1, 0.15) is 11.1 Å². The van der Waals surface area contributed by atoms with Crippen molar-refractivity contribution < 1.29 is 0 Å². The minimum absolute atomic E-state index is 0.514. The molecule has 0 amide bonds. The molecule has 94 valence electrons. The van der Waals surface area contributed by atoms with Gasteiger partial charge in [-0.2, -0.15) is 0 Å². The van der Waals surface area contributed by atoms with Crippen molar-refractivity contribution in [1.82, 2.24) is 4.98 Å². The predicted molar refractivity (Wildman–Crippen MR) is 80.0 cm³/mol. The summed E-state index contributed by atoms with van der Waals surface area (Å²) in [4.78, 5) is 6.31. The molecule has 0 bridgehead atoms. The lowest BCUT2D eigenvalue weighted by molar-refractivity contribution is 0.908. The van der Waals surface area contributed by atoms with E-state index in [-0.39, 0.29) is 0 Å². The summed E-state index contributed by atoms with van der Waals surface area (Å²) in [5, 5.41) is 0. The average Bonchev–Trinajstić information content (AvgIpc) is 2.40. The topological polar surface area (TPSA) is 16.1 Å². The quantitative estimate of drug-likeness (QED) is 0.782. The van der Waals surface area contributed by atoms with Crippen LogP contribution in [0.25, 0.3) is 0 Å². The van der Waals surface area contributed by atoms with Crippen molar-refractivity contribution >= 4 is 33.2 Å². The Kier molecular flexibility index (Phi) is 4.61. The number of halogens is 2. The zero-order valence-corrected chi connectivity index (χ0v) is 12.4. The third kappa shape index (κ3) is 3.24. The predicted octanol–water partition coefficient (Wildman–Crippen LogP) is 4.22. The summed E-state index contributed by atoms with van der Waals surface area (Å²) in [6, 6.07) is 10.2. The van der Waals surface area contributed by atoms with Gasteiger partial charge in [0.1, 0.15) is 0 Å². The molecule has 0 fully saturated rings. The Hall–Kier alpha value is -1.06. The molecular formula is C14H14BrClN2. The molecular weight excluding hydrogens is 312 g/mol. The van der Waals surface area contributed by atoms with E-state index < -0.39 is 0 Å². The van der Waals surface area contributed by atoms with Crippen LogP contribution in [0.2, 0.25) is 0 Å². The first kappa shape index (κ1) is 13.4. The number of alkyl halides is 1. The first-order chi connectivity index (χ1) is 8.70. The number of rotatable bonds is 4. The lowest BCUT2D eigenvalue weighted by Crippen LogP contribution is -2.17. The van der Waals surface area contributed by atoms with Crippen LogP contribution in [-0.2, 0) is 12.4 Å². The molecule has 2 rings (SSSR count). The third-order valence-electron chi connectivity index (χ3n) is 2.75. The van der Waals surface area contributed by atoms with Crippen LogP contribution in [0.4, 0.5) is 5.69 Å². The smallest absolute Gasteiger partial charge is 0.0494 e. The number of pyridine rings is 1. The lowest BCUT2D eigenvalue weighted by atomic mass is 10.1. The third-order valence-corrected chi connectivity index (χ3v) is 3.53. The molecule has 1 aromatic heterocycles. The monoisotopic (exact) mass is 324 g/mol. The fraction of sp³-hybridized carbons (Fsp3) is 0.214. The highest BCUT2D eigenvalue weighted by molar-refractivity contribution is 9.10. The first-order valence-corrected chi connectivity index (χ1v) is 6.98. The number of benzene rings is 1. The second-order valence-electron chi connectivity index (χ2n) is 4.12. The maximum atomic E-state index is 5.98. The molecule has 4 heteroatoms. The van der Waals surface area contributed by atoms with Gasteiger partial charge in [0, 0.05) is 42.0 Å². The minimum atomic E-state index is 0.514. The van der Waals surface area contributed by atoms with Crippen molar-refractivity contribution in [3.05, 3.63) is 58.3 Å². The second kappa shape index (κ2) is 6.21. The highest BCUT2D eigenvalue weighted by Crippen LogP contribution is 2.26. The van der Waals surface area contributed by atoms with Gasteiger partial charge in [0.15, 0.2) is 0 Å². The van der Waals surface area contributed by atoms with Crippen LogP contribution in [0.5, 0.6) is 0 Å². The van der Waals surface area contributed by atoms with E-state index in [2.05, 4.69) is 45.0 Å². The molecule has 18 heavy (non-hydrogen) atoms. The molecule has 0 N–H and O–H groups in total. The molecule has 0 aliphatic carbocycles. The number of hydrogen-bond acceptors (Lipinski definition) is 2. The van der Waals surface area contributed by atoms with Gasteiger partial charge >= 0.3 is 0 Å². The highest BCUT2D eigenvalue weighted by atomic mass is 79.9. The van der Waals surface area contributed by atoms with Gasteiger partial charge in [-0.3, -0.25) is 4.98 Å². The van der Waals surface area contributed by atoms with Gasteiger partial charge in [-0.1, -0.05) is 28.1 Å². The molecule has 0 saturated carbocycles. The summed E-state index contributed by atoms with van der Waals surface area (Å²) < 4.78 is 1.06. The Balaban J connectivity index is 2.23. The molecule has 0 atom stereocenters. The summed E-state index contributed by atoms with van der Waals surface area (Å²) in [6.07, 6.45) is 3.67. The number of nitrogens with zero attached hydrogens (tertiary/aromatic N) is 2. The molecule has 0 aliphatic rings. The lowest BCUT2D eigenvalue weighted by Gasteiger charge is -2.22. The molecule has 0 radical (unpaired) electrons. The van der Waals surface area contributed by atoms with E-state index in [1.54, 1.807) is 6.20 Å². The van der Waals surface area contributed by atoms with Crippen molar-refractivity contribution in [1.29, 1.82) is 0 Å². The molecule has 2 nitrogen and oxygen atoms in total. The van der Waals surface area contributed by atoms with Gasteiger partial charge in [-0.25, -0.2) is 0 Å². The Morgan fingerprint density at radius 1 is 1.33 bits per heavy atom. The fourth-order valence-corrected chi connectivity index (χ4v) is 2.43. The van der Waals surface area contributed by atoms with E-state index in [0.29, 0.717) is 5.88 Å². The van der Waals surface area contributed by atoms with Crippen LogP contribution >= 0.6 is 27.5 Å². The highest BCUT2D eigenvalue weighted by Gasteiger charge is 2.08. The van der Waals surface area contributed by atoms with Crippen LogP contribution in [0, 0.1) is 0 Å². The van der Waals surface area contributed by atoms with Crippen LogP contribution in [-0.4, -0.2) is 12.0 Å². The summed E-state index contributed by atoms with van der Waals surface area (Å²) in [7, 11) is 2.06. The summed E-state index contributed by atoms with van der Waals surface area (Å²) in [6.45, 7) is 0.814. The number of aromatic nitrogens is 1. The van der Waals surface area contributed by atoms with Gasteiger partial charge in [0.25, 0.3) is 0 Å². The van der Waals surface area contributed by atoms with E-state index in [0.717, 1.165) is 22.3 Å². The molecule has 1 aromatic carbocycles. The van der Waals surface area contributed by atoms with Crippen LogP contribution in [0.3, 0.4) is 0 Å². The fourth-order valence-electron chi connectivity index (χ4n) is 1.86. The van der Waals surface area contributed by atoms with Crippen molar-refractivity contribution in [3.63, 3.8) is 0 Å². The van der Waals surface area contributed by atoms with Gasteiger partial charge in [0.2, 0.25) is 0 Å². The van der Waals surface area contributed by atoms with Gasteiger partial charge in [-0.05, 0) is 29.3 Å². The number of anilines is 1. The molecule has 0 saturated heterocycles. The van der Waals surface area contributed by atoms with Gasteiger partial charge in [-0.15, -0.1) is 11.6 Å². The maximum Gasteiger partial charge on any atom is 0.0494 e. The largest absolute Gasteiger partial charge is 0.370 e. The zero-order chi connectivity index (χ0) is 13.0.